The molecule has 132 valence electrons. The first-order valence-corrected chi connectivity index (χ1v) is 9.33. The standard InChI is InChI=1S/C21H24ClFN2/c1-14-6-3-4-8-17(14)21-18-13-25(12-16(18)10-24(21)2)11-15-7-5-9-19(22)20(15)23/h3-9,16,18,21H,10-13H2,1-2H3/t16-,18+,21-/m0/s1. The van der Waals surface area contributed by atoms with Gasteiger partial charge in [-0.2, -0.15) is 0 Å². The van der Waals surface area contributed by atoms with Gasteiger partial charge in [-0.05, 0) is 43.0 Å². The Kier molecular flexibility index (Phi) is 4.57. The Balaban J connectivity index is 1.53. The van der Waals surface area contributed by atoms with Crippen molar-refractivity contribution < 1.29 is 4.39 Å². The molecule has 0 aliphatic carbocycles. The van der Waals surface area contributed by atoms with Crippen LogP contribution in [0.15, 0.2) is 42.5 Å². The molecule has 0 bridgehead atoms. The SMILES string of the molecule is Cc1ccccc1[C@H]1[C@@H]2CN(Cc3cccc(Cl)c3F)C[C@@H]2CN1C. The highest BCUT2D eigenvalue weighted by molar-refractivity contribution is 6.30. The molecule has 0 aromatic heterocycles. The molecule has 2 aromatic rings. The third-order valence-electron chi connectivity index (χ3n) is 5.90. The fourth-order valence-electron chi connectivity index (χ4n) is 4.78. The smallest absolute Gasteiger partial charge is 0.146 e. The highest BCUT2D eigenvalue weighted by atomic mass is 35.5. The largest absolute Gasteiger partial charge is 0.299 e. The first-order chi connectivity index (χ1) is 12.0. The first kappa shape index (κ1) is 17.0. The molecule has 0 spiro atoms. The highest BCUT2D eigenvalue weighted by Crippen LogP contribution is 2.45. The van der Waals surface area contributed by atoms with Crippen molar-refractivity contribution in [3.63, 3.8) is 0 Å². The van der Waals surface area contributed by atoms with Gasteiger partial charge in [-0.3, -0.25) is 9.80 Å². The summed E-state index contributed by atoms with van der Waals surface area (Å²) >= 11 is 5.93. The molecule has 2 nitrogen and oxygen atoms in total. The lowest BCUT2D eigenvalue weighted by Gasteiger charge is -2.28. The number of halogens is 2. The van der Waals surface area contributed by atoms with Crippen LogP contribution in [0.4, 0.5) is 4.39 Å². The number of benzene rings is 2. The minimum absolute atomic E-state index is 0.217. The summed E-state index contributed by atoms with van der Waals surface area (Å²) in [5.41, 5.74) is 3.50. The predicted molar refractivity (Wildman–Crippen MR) is 100 cm³/mol. The Hall–Kier alpha value is -1.42. The molecule has 0 saturated carbocycles. The highest BCUT2D eigenvalue weighted by Gasteiger charge is 2.46. The van der Waals surface area contributed by atoms with Gasteiger partial charge in [0.25, 0.3) is 0 Å². The maximum Gasteiger partial charge on any atom is 0.146 e. The first-order valence-electron chi connectivity index (χ1n) is 8.95. The third kappa shape index (κ3) is 3.10. The molecule has 2 fully saturated rings. The number of hydrogen-bond acceptors (Lipinski definition) is 2. The Morgan fingerprint density at radius 2 is 1.88 bits per heavy atom. The summed E-state index contributed by atoms with van der Waals surface area (Å²) in [5.74, 6) is 0.985. The van der Waals surface area contributed by atoms with Crippen LogP contribution in [0.3, 0.4) is 0 Å². The van der Waals surface area contributed by atoms with Crippen LogP contribution in [-0.4, -0.2) is 36.5 Å². The topological polar surface area (TPSA) is 6.48 Å². The van der Waals surface area contributed by atoms with E-state index in [0.717, 1.165) is 19.6 Å². The van der Waals surface area contributed by atoms with E-state index in [-0.39, 0.29) is 10.8 Å². The summed E-state index contributed by atoms with van der Waals surface area (Å²) in [6.07, 6.45) is 0. The van der Waals surface area contributed by atoms with Crippen molar-refractivity contribution in [2.75, 3.05) is 26.7 Å². The maximum atomic E-state index is 14.2. The minimum Gasteiger partial charge on any atom is -0.299 e. The summed E-state index contributed by atoms with van der Waals surface area (Å²) in [7, 11) is 2.23. The van der Waals surface area contributed by atoms with Gasteiger partial charge < -0.3 is 0 Å². The average molecular weight is 359 g/mol. The summed E-state index contributed by atoms with van der Waals surface area (Å²) in [6.45, 7) is 6.00. The monoisotopic (exact) mass is 358 g/mol. The number of fused-ring (bicyclic) bond motifs is 1. The lowest BCUT2D eigenvalue weighted by atomic mass is 9.88. The van der Waals surface area contributed by atoms with E-state index in [0.29, 0.717) is 30.0 Å². The fraction of sp³-hybridized carbons (Fsp3) is 0.429. The summed E-state index contributed by atoms with van der Waals surface area (Å²) in [4.78, 5) is 4.89. The Bertz CT molecular complexity index is 778. The van der Waals surface area contributed by atoms with Gasteiger partial charge in [0.1, 0.15) is 5.82 Å². The van der Waals surface area contributed by atoms with Crippen LogP contribution < -0.4 is 0 Å². The predicted octanol–water partition coefficient (Wildman–Crippen LogP) is 4.52. The Morgan fingerprint density at radius 3 is 2.68 bits per heavy atom. The third-order valence-corrected chi connectivity index (χ3v) is 6.19. The van der Waals surface area contributed by atoms with Crippen molar-refractivity contribution in [2.45, 2.75) is 19.5 Å². The van der Waals surface area contributed by atoms with Gasteiger partial charge in [0, 0.05) is 37.8 Å². The van der Waals surface area contributed by atoms with Crippen LogP contribution >= 0.6 is 11.6 Å². The number of rotatable bonds is 3. The molecule has 2 aliphatic heterocycles. The molecule has 2 aliphatic rings. The van der Waals surface area contributed by atoms with Crippen molar-refractivity contribution in [3.05, 3.63) is 70.0 Å². The zero-order valence-electron chi connectivity index (χ0n) is 14.8. The van der Waals surface area contributed by atoms with Gasteiger partial charge in [-0.1, -0.05) is 48.0 Å². The summed E-state index contributed by atoms with van der Waals surface area (Å²) in [5, 5.41) is 0.217. The quantitative estimate of drug-likeness (QED) is 0.795. The number of hydrogen-bond donors (Lipinski definition) is 0. The molecule has 0 radical (unpaired) electrons. The molecule has 2 saturated heterocycles. The van der Waals surface area contributed by atoms with Crippen molar-refractivity contribution in [1.82, 2.24) is 9.80 Å². The molecular weight excluding hydrogens is 335 g/mol. The lowest BCUT2D eigenvalue weighted by Crippen LogP contribution is -2.29. The minimum atomic E-state index is -0.270. The normalized spacial score (nSPS) is 27.0. The molecule has 4 rings (SSSR count). The van der Waals surface area contributed by atoms with Gasteiger partial charge in [0.15, 0.2) is 0 Å². The average Bonchev–Trinajstić information content (AvgIpc) is 3.09. The van der Waals surface area contributed by atoms with Crippen LogP contribution in [0.2, 0.25) is 5.02 Å². The van der Waals surface area contributed by atoms with E-state index in [2.05, 4.69) is 48.0 Å². The molecule has 0 unspecified atom stereocenters. The Labute approximate surface area is 154 Å². The van der Waals surface area contributed by atoms with Crippen molar-refractivity contribution >= 4 is 11.6 Å². The zero-order chi connectivity index (χ0) is 17.6. The van der Waals surface area contributed by atoms with E-state index in [9.17, 15) is 4.39 Å². The van der Waals surface area contributed by atoms with E-state index in [1.165, 1.54) is 11.1 Å². The molecule has 4 heteroatoms. The van der Waals surface area contributed by atoms with E-state index in [1.807, 2.05) is 12.1 Å². The van der Waals surface area contributed by atoms with E-state index in [1.54, 1.807) is 6.07 Å². The van der Waals surface area contributed by atoms with Crippen LogP contribution in [0.5, 0.6) is 0 Å². The van der Waals surface area contributed by atoms with E-state index in [4.69, 9.17) is 11.6 Å². The van der Waals surface area contributed by atoms with Crippen LogP contribution in [0.25, 0.3) is 0 Å². The second-order valence-corrected chi connectivity index (χ2v) is 7.98. The second-order valence-electron chi connectivity index (χ2n) is 7.57. The van der Waals surface area contributed by atoms with Crippen LogP contribution in [0.1, 0.15) is 22.7 Å². The Morgan fingerprint density at radius 1 is 1.08 bits per heavy atom. The molecule has 2 heterocycles. The molecule has 2 aromatic carbocycles. The van der Waals surface area contributed by atoms with Crippen molar-refractivity contribution in [3.8, 4) is 0 Å². The van der Waals surface area contributed by atoms with Crippen molar-refractivity contribution in [1.29, 1.82) is 0 Å². The van der Waals surface area contributed by atoms with Gasteiger partial charge in [0.05, 0.1) is 5.02 Å². The lowest BCUT2D eigenvalue weighted by molar-refractivity contribution is 0.223. The molecular formula is C21H24ClFN2. The maximum absolute atomic E-state index is 14.2. The summed E-state index contributed by atoms with van der Waals surface area (Å²) < 4.78 is 14.2. The van der Waals surface area contributed by atoms with Gasteiger partial charge >= 0.3 is 0 Å². The second kappa shape index (κ2) is 6.71. The van der Waals surface area contributed by atoms with Gasteiger partial charge in [0.2, 0.25) is 0 Å². The molecule has 3 atom stereocenters. The van der Waals surface area contributed by atoms with Crippen LogP contribution in [-0.2, 0) is 6.54 Å². The fourth-order valence-corrected chi connectivity index (χ4v) is 4.97. The number of nitrogens with zero attached hydrogens (tertiary/aromatic N) is 2. The molecule has 25 heavy (non-hydrogen) atoms. The molecule has 0 amide bonds. The molecule has 0 N–H and O–H groups in total. The van der Waals surface area contributed by atoms with E-state index < -0.39 is 0 Å². The van der Waals surface area contributed by atoms with E-state index >= 15 is 0 Å². The summed E-state index contributed by atoms with van der Waals surface area (Å²) in [6, 6.07) is 14.5. The number of likely N-dealkylation sites (tertiary alicyclic amines) is 2. The van der Waals surface area contributed by atoms with Crippen molar-refractivity contribution in [2.24, 2.45) is 11.8 Å². The van der Waals surface area contributed by atoms with Crippen LogP contribution in [0, 0.1) is 24.6 Å². The van der Waals surface area contributed by atoms with Gasteiger partial charge in [-0.25, -0.2) is 4.39 Å². The number of aryl methyl sites for hydroxylation is 1. The van der Waals surface area contributed by atoms with Gasteiger partial charge in [-0.15, -0.1) is 0 Å². The zero-order valence-corrected chi connectivity index (χ0v) is 15.5.